The lowest BCUT2D eigenvalue weighted by Crippen LogP contribution is -2.20. The predicted octanol–water partition coefficient (Wildman–Crippen LogP) is 3.19. The molecule has 0 bridgehead atoms. The van der Waals surface area contributed by atoms with Crippen molar-refractivity contribution in [1.82, 2.24) is 4.98 Å². The zero-order valence-electron chi connectivity index (χ0n) is 8.43. The van der Waals surface area contributed by atoms with Crippen LogP contribution in [0.1, 0.15) is 22.4 Å². The first-order valence-corrected chi connectivity index (χ1v) is 6.05. The van der Waals surface area contributed by atoms with Crippen molar-refractivity contribution >= 4 is 35.1 Å². The van der Waals surface area contributed by atoms with Crippen LogP contribution in [0.15, 0.2) is 23.0 Å². The lowest BCUT2D eigenvalue weighted by atomic mass is 10.0. The SMILES string of the molecule is Cc1ncsc1C(C)(O)c1cccs1.Cl. The molecule has 2 rings (SSSR count). The number of thiazole rings is 1. The molecule has 0 radical (unpaired) electrons. The summed E-state index contributed by atoms with van der Waals surface area (Å²) in [6.07, 6.45) is 0. The van der Waals surface area contributed by atoms with Crippen LogP contribution in [0.2, 0.25) is 0 Å². The van der Waals surface area contributed by atoms with Crippen LogP contribution >= 0.6 is 35.1 Å². The van der Waals surface area contributed by atoms with E-state index in [4.69, 9.17) is 0 Å². The second kappa shape index (κ2) is 4.61. The summed E-state index contributed by atoms with van der Waals surface area (Å²) in [6, 6.07) is 3.90. The Balaban J connectivity index is 0.00000112. The molecule has 0 saturated heterocycles. The second-order valence-electron chi connectivity index (χ2n) is 3.32. The van der Waals surface area contributed by atoms with Crippen LogP contribution in [0.5, 0.6) is 0 Å². The topological polar surface area (TPSA) is 33.1 Å². The molecule has 0 aromatic carbocycles. The van der Waals surface area contributed by atoms with E-state index in [-0.39, 0.29) is 12.4 Å². The molecule has 1 N–H and O–H groups in total. The van der Waals surface area contributed by atoms with Crippen LogP contribution in [-0.2, 0) is 5.60 Å². The first-order valence-electron chi connectivity index (χ1n) is 4.29. The van der Waals surface area contributed by atoms with Crippen LogP contribution in [0.25, 0.3) is 0 Å². The molecule has 0 aliphatic rings. The Morgan fingerprint density at radius 2 is 2.13 bits per heavy atom. The van der Waals surface area contributed by atoms with Crippen molar-refractivity contribution in [2.45, 2.75) is 19.4 Å². The molecular weight excluding hydrogens is 250 g/mol. The summed E-state index contributed by atoms with van der Waals surface area (Å²) in [5, 5.41) is 12.4. The Hall–Kier alpha value is -0.420. The fourth-order valence-electron chi connectivity index (χ4n) is 1.44. The zero-order valence-corrected chi connectivity index (χ0v) is 10.9. The number of hydrogen-bond donors (Lipinski definition) is 1. The molecule has 1 atom stereocenters. The summed E-state index contributed by atoms with van der Waals surface area (Å²) in [6.45, 7) is 3.74. The third kappa shape index (κ3) is 2.23. The van der Waals surface area contributed by atoms with Crippen LogP contribution in [0.4, 0.5) is 0 Å². The van der Waals surface area contributed by atoms with Crippen molar-refractivity contribution in [3.05, 3.63) is 38.5 Å². The molecule has 1 unspecified atom stereocenters. The number of aliphatic hydroxyl groups is 1. The summed E-state index contributed by atoms with van der Waals surface area (Å²) >= 11 is 3.07. The van der Waals surface area contributed by atoms with Crippen molar-refractivity contribution in [2.24, 2.45) is 0 Å². The third-order valence-electron chi connectivity index (χ3n) is 2.19. The van der Waals surface area contributed by atoms with Crippen molar-refractivity contribution < 1.29 is 5.11 Å². The molecule has 15 heavy (non-hydrogen) atoms. The van der Waals surface area contributed by atoms with Gasteiger partial charge in [0.2, 0.25) is 0 Å². The molecule has 2 nitrogen and oxygen atoms in total. The molecule has 5 heteroatoms. The molecule has 0 aliphatic carbocycles. The van der Waals surface area contributed by atoms with Crippen LogP contribution in [0.3, 0.4) is 0 Å². The Labute approximate surface area is 103 Å². The number of halogens is 1. The highest BCUT2D eigenvalue weighted by Gasteiger charge is 2.30. The Morgan fingerprint density at radius 1 is 1.40 bits per heavy atom. The van der Waals surface area contributed by atoms with Gasteiger partial charge in [0, 0.05) is 4.88 Å². The maximum atomic E-state index is 10.4. The van der Waals surface area contributed by atoms with Gasteiger partial charge in [-0.25, -0.2) is 4.98 Å². The molecule has 2 heterocycles. The lowest BCUT2D eigenvalue weighted by molar-refractivity contribution is 0.109. The highest BCUT2D eigenvalue weighted by atomic mass is 35.5. The number of thiophene rings is 1. The van der Waals surface area contributed by atoms with Gasteiger partial charge < -0.3 is 5.11 Å². The van der Waals surface area contributed by atoms with Crippen LogP contribution < -0.4 is 0 Å². The van der Waals surface area contributed by atoms with Crippen molar-refractivity contribution in [2.75, 3.05) is 0 Å². The molecule has 0 fully saturated rings. The molecule has 82 valence electrons. The number of rotatable bonds is 2. The second-order valence-corrected chi connectivity index (χ2v) is 5.12. The fraction of sp³-hybridized carbons (Fsp3) is 0.300. The van der Waals surface area contributed by atoms with Gasteiger partial charge in [-0.05, 0) is 25.3 Å². The van der Waals surface area contributed by atoms with Crippen LogP contribution in [0, 0.1) is 6.92 Å². The molecule has 0 saturated carbocycles. The van der Waals surface area contributed by atoms with E-state index < -0.39 is 5.60 Å². The number of hydrogen-bond acceptors (Lipinski definition) is 4. The average Bonchev–Trinajstić information content (AvgIpc) is 2.72. The standard InChI is InChI=1S/C10H11NOS2.ClH/c1-7-9(14-6-11-7)10(2,12)8-4-3-5-13-8;/h3-6,12H,1-2H3;1H. The first-order chi connectivity index (χ1) is 6.62. The zero-order chi connectivity index (χ0) is 10.2. The van der Waals surface area contributed by atoms with Crippen molar-refractivity contribution in [1.29, 1.82) is 0 Å². The normalized spacial score (nSPS) is 14.3. The summed E-state index contributed by atoms with van der Waals surface area (Å²) < 4.78 is 0. The van der Waals surface area contributed by atoms with Crippen molar-refractivity contribution in [3.63, 3.8) is 0 Å². The largest absolute Gasteiger partial charge is 0.379 e. The predicted molar refractivity (Wildman–Crippen MR) is 67.1 cm³/mol. The van der Waals surface area contributed by atoms with Gasteiger partial charge in [-0.3, -0.25) is 0 Å². The molecule has 0 aliphatic heterocycles. The Morgan fingerprint density at radius 3 is 2.60 bits per heavy atom. The van der Waals surface area contributed by atoms with E-state index in [1.807, 2.05) is 31.4 Å². The number of nitrogens with zero attached hydrogens (tertiary/aromatic N) is 1. The number of aromatic nitrogens is 1. The van der Waals surface area contributed by atoms with E-state index in [0.717, 1.165) is 15.4 Å². The quantitative estimate of drug-likeness (QED) is 0.901. The maximum Gasteiger partial charge on any atom is 0.132 e. The lowest BCUT2D eigenvalue weighted by Gasteiger charge is -2.20. The minimum atomic E-state index is -0.889. The minimum absolute atomic E-state index is 0. The van der Waals surface area contributed by atoms with E-state index in [2.05, 4.69) is 4.98 Å². The minimum Gasteiger partial charge on any atom is -0.379 e. The highest BCUT2D eigenvalue weighted by molar-refractivity contribution is 7.11. The van der Waals surface area contributed by atoms with E-state index in [1.54, 1.807) is 16.8 Å². The van der Waals surface area contributed by atoms with Crippen molar-refractivity contribution in [3.8, 4) is 0 Å². The molecule has 2 aromatic rings. The van der Waals surface area contributed by atoms with Gasteiger partial charge in [-0.2, -0.15) is 0 Å². The fourth-order valence-corrected chi connectivity index (χ4v) is 3.17. The summed E-state index contributed by atoms with van der Waals surface area (Å²) in [5.41, 5.74) is 1.79. The average molecular weight is 262 g/mol. The van der Waals surface area contributed by atoms with Gasteiger partial charge in [0.1, 0.15) is 5.60 Å². The van der Waals surface area contributed by atoms with Crippen LogP contribution in [-0.4, -0.2) is 10.1 Å². The van der Waals surface area contributed by atoms with Gasteiger partial charge in [0.05, 0.1) is 16.1 Å². The Kier molecular flexibility index (Phi) is 3.89. The summed E-state index contributed by atoms with van der Waals surface area (Å²) in [7, 11) is 0. The van der Waals surface area contributed by atoms with Gasteiger partial charge >= 0.3 is 0 Å². The number of aryl methyl sites for hydroxylation is 1. The molecule has 0 spiro atoms. The first kappa shape index (κ1) is 12.6. The monoisotopic (exact) mass is 261 g/mol. The van der Waals surface area contributed by atoms with Gasteiger partial charge in [0.25, 0.3) is 0 Å². The van der Waals surface area contributed by atoms with E-state index in [9.17, 15) is 5.11 Å². The van der Waals surface area contributed by atoms with E-state index >= 15 is 0 Å². The smallest absolute Gasteiger partial charge is 0.132 e. The summed E-state index contributed by atoms with van der Waals surface area (Å²) in [4.78, 5) is 6.05. The maximum absolute atomic E-state index is 10.4. The van der Waals surface area contributed by atoms with Gasteiger partial charge in [-0.15, -0.1) is 35.1 Å². The third-order valence-corrected chi connectivity index (χ3v) is 4.41. The van der Waals surface area contributed by atoms with E-state index in [1.165, 1.54) is 11.3 Å². The summed E-state index contributed by atoms with van der Waals surface area (Å²) in [5.74, 6) is 0. The Bertz CT molecular complexity index is 422. The molecule has 0 amide bonds. The highest BCUT2D eigenvalue weighted by Crippen LogP contribution is 2.35. The molecular formula is C10H12ClNOS2. The van der Waals surface area contributed by atoms with Gasteiger partial charge in [0.15, 0.2) is 0 Å². The molecule has 2 aromatic heterocycles. The van der Waals surface area contributed by atoms with Gasteiger partial charge in [-0.1, -0.05) is 6.07 Å². The van der Waals surface area contributed by atoms with E-state index in [0.29, 0.717) is 0 Å².